The highest BCUT2D eigenvalue weighted by molar-refractivity contribution is 6.17. The van der Waals surface area contributed by atoms with Gasteiger partial charge < -0.3 is 19.3 Å². The van der Waals surface area contributed by atoms with Crippen LogP contribution in [-0.2, 0) is 15.4 Å². The molecule has 0 aliphatic carbocycles. The van der Waals surface area contributed by atoms with Crippen LogP contribution < -0.4 is 9.80 Å². The minimum atomic E-state index is 0.211. The Morgan fingerprint density at radius 2 is 1.56 bits per heavy atom. The molecule has 2 saturated heterocycles. The van der Waals surface area contributed by atoms with Crippen LogP contribution >= 0.6 is 11.6 Å². The lowest BCUT2D eigenvalue weighted by molar-refractivity contribution is 0.0973. The van der Waals surface area contributed by atoms with Crippen molar-refractivity contribution >= 4 is 34.4 Å². The van der Waals surface area contributed by atoms with E-state index in [2.05, 4.69) is 41.8 Å². The number of fused-ring (bicyclic) bond motifs is 1. The zero-order valence-corrected chi connectivity index (χ0v) is 19.3. The number of benzene rings is 1. The molecular formula is C24H28ClN5O2. The van der Waals surface area contributed by atoms with Gasteiger partial charge in [-0.2, -0.15) is 9.97 Å². The van der Waals surface area contributed by atoms with Gasteiger partial charge in [0.25, 0.3) is 0 Å². The first-order valence-corrected chi connectivity index (χ1v) is 11.7. The van der Waals surface area contributed by atoms with Crippen molar-refractivity contribution in [2.45, 2.75) is 31.8 Å². The quantitative estimate of drug-likeness (QED) is 0.555. The number of morpholine rings is 2. The van der Waals surface area contributed by atoms with Gasteiger partial charge in [-0.1, -0.05) is 24.3 Å². The number of hydrogen-bond donors (Lipinski definition) is 0. The Hall–Kier alpha value is -2.48. The maximum atomic E-state index is 5.95. The number of halogens is 1. The summed E-state index contributed by atoms with van der Waals surface area (Å²) < 4.78 is 11.3. The smallest absolute Gasteiger partial charge is 0.229 e. The Morgan fingerprint density at radius 3 is 2.22 bits per heavy atom. The van der Waals surface area contributed by atoms with Gasteiger partial charge >= 0.3 is 0 Å². The van der Waals surface area contributed by atoms with Crippen LogP contribution in [-0.4, -0.2) is 66.6 Å². The Balaban J connectivity index is 1.63. The molecule has 0 radical (unpaired) electrons. The molecule has 0 amide bonds. The van der Waals surface area contributed by atoms with E-state index in [0.29, 0.717) is 43.9 Å². The minimum Gasteiger partial charge on any atom is -0.377 e. The maximum absolute atomic E-state index is 5.95. The second-order valence-electron chi connectivity index (χ2n) is 8.48. The molecule has 0 unspecified atom stereocenters. The Labute approximate surface area is 193 Å². The predicted molar refractivity (Wildman–Crippen MR) is 128 cm³/mol. The topological polar surface area (TPSA) is 63.6 Å². The van der Waals surface area contributed by atoms with Crippen LogP contribution in [0.4, 0.5) is 11.8 Å². The summed E-state index contributed by atoms with van der Waals surface area (Å²) >= 11 is 5.95. The van der Waals surface area contributed by atoms with E-state index in [4.69, 9.17) is 36.0 Å². The van der Waals surface area contributed by atoms with Crippen LogP contribution in [0.5, 0.6) is 0 Å². The summed E-state index contributed by atoms with van der Waals surface area (Å²) in [6.07, 6.45) is 0. The molecule has 0 spiro atoms. The van der Waals surface area contributed by atoms with Crippen LogP contribution in [0, 0.1) is 0 Å². The number of anilines is 2. The van der Waals surface area contributed by atoms with Crippen molar-refractivity contribution in [1.82, 2.24) is 15.0 Å². The van der Waals surface area contributed by atoms with Crippen LogP contribution in [0.2, 0.25) is 0 Å². The molecule has 0 bridgehead atoms. The molecule has 0 saturated carbocycles. The molecule has 3 aromatic rings. The lowest BCUT2D eigenvalue weighted by Gasteiger charge is -2.37. The first-order chi connectivity index (χ1) is 15.6. The third kappa shape index (κ3) is 4.12. The molecular weight excluding hydrogens is 426 g/mol. The second kappa shape index (κ2) is 9.17. The van der Waals surface area contributed by atoms with Crippen LogP contribution in [0.25, 0.3) is 22.3 Å². The molecule has 5 rings (SSSR count). The molecule has 7 nitrogen and oxygen atoms in total. The largest absolute Gasteiger partial charge is 0.377 e. The summed E-state index contributed by atoms with van der Waals surface area (Å²) in [6.45, 7) is 8.61. The molecule has 1 aromatic carbocycles. The van der Waals surface area contributed by atoms with Gasteiger partial charge in [-0.3, -0.25) is 0 Å². The molecule has 2 aromatic heterocycles. The van der Waals surface area contributed by atoms with Crippen molar-refractivity contribution in [3.8, 4) is 11.3 Å². The van der Waals surface area contributed by atoms with Gasteiger partial charge in [-0.25, -0.2) is 4.98 Å². The molecule has 8 heteroatoms. The maximum Gasteiger partial charge on any atom is 0.229 e. The summed E-state index contributed by atoms with van der Waals surface area (Å²) in [5, 5.41) is 0.963. The third-order valence-corrected chi connectivity index (χ3v) is 6.50. The van der Waals surface area contributed by atoms with E-state index < -0.39 is 0 Å². The summed E-state index contributed by atoms with van der Waals surface area (Å²) in [5.74, 6) is 2.14. The fourth-order valence-electron chi connectivity index (χ4n) is 4.32. The average molecular weight is 454 g/mol. The van der Waals surface area contributed by atoms with Gasteiger partial charge in [0, 0.05) is 24.5 Å². The highest BCUT2D eigenvalue weighted by Crippen LogP contribution is 2.31. The van der Waals surface area contributed by atoms with Gasteiger partial charge in [0.05, 0.1) is 49.6 Å². The van der Waals surface area contributed by atoms with E-state index in [0.717, 1.165) is 41.1 Å². The number of pyridine rings is 1. The lowest BCUT2D eigenvalue weighted by Crippen LogP contribution is -2.46. The summed E-state index contributed by atoms with van der Waals surface area (Å²) in [4.78, 5) is 19.5. The molecule has 2 fully saturated rings. The minimum absolute atomic E-state index is 0.211. The van der Waals surface area contributed by atoms with Gasteiger partial charge in [0.15, 0.2) is 5.65 Å². The van der Waals surface area contributed by atoms with Crippen molar-refractivity contribution in [2.75, 3.05) is 49.3 Å². The first-order valence-electron chi connectivity index (χ1n) is 11.2. The van der Waals surface area contributed by atoms with E-state index in [1.165, 1.54) is 0 Å². The number of ether oxygens (including phenoxy) is 2. The molecule has 2 atom stereocenters. The van der Waals surface area contributed by atoms with E-state index in [9.17, 15) is 0 Å². The van der Waals surface area contributed by atoms with Crippen molar-refractivity contribution < 1.29 is 9.47 Å². The van der Waals surface area contributed by atoms with E-state index in [1.807, 2.05) is 18.2 Å². The Bertz CT molecular complexity index is 1090. The van der Waals surface area contributed by atoms with Gasteiger partial charge in [0.1, 0.15) is 5.82 Å². The van der Waals surface area contributed by atoms with E-state index in [1.54, 1.807) is 0 Å². The lowest BCUT2D eigenvalue weighted by atomic mass is 10.1. The molecule has 32 heavy (non-hydrogen) atoms. The van der Waals surface area contributed by atoms with Gasteiger partial charge in [-0.15, -0.1) is 11.6 Å². The van der Waals surface area contributed by atoms with Crippen LogP contribution in [0.15, 0.2) is 36.4 Å². The van der Waals surface area contributed by atoms with Crippen molar-refractivity contribution in [3.05, 3.63) is 42.0 Å². The summed E-state index contributed by atoms with van der Waals surface area (Å²) in [7, 11) is 0. The fraction of sp³-hybridized carbons (Fsp3) is 0.458. The number of rotatable bonds is 4. The normalized spacial score (nSPS) is 21.8. The van der Waals surface area contributed by atoms with E-state index >= 15 is 0 Å². The van der Waals surface area contributed by atoms with Crippen molar-refractivity contribution in [3.63, 3.8) is 0 Å². The molecule has 4 heterocycles. The van der Waals surface area contributed by atoms with Crippen molar-refractivity contribution in [1.29, 1.82) is 0 Å². The Morgan fingerprint density at radius 1 is 0.875 bits per heavy atom. The van der Waals surface area contributed by atoms with Crippen LogP contribution in [0.3, 0.4) is 0 Å². The zero-order chi connectivity index (χ0) is 22.1. The molecule has 2 aliphatic rings. The predicted octanol–water partition coefficient (Wildman–Crippen LogP) is 3.88. The van der Waals surface area contributed by atoms with Crippen LogP contribution in [0.1, 0.15) is 19.4 Å². The van der Waals surface area contributed by atoms with Gasteiger partial charge in [0.2, 0.25) is 5.95 Å². The first kappa shape index (κ1) is 21.4. The number of hydrogen-bond acceptors (Lipinski definition) is 7. The molecule has 0 N–H and O–H groups in total. The number of aromatic nitrogens is 3. The standard InChI is InChI=1S/C24H28ClN5O2/c1-16-14-31-11-9-29(16)23-20-7-8-21(19-5-3-18(13-25)4-6-19)26-22(20)27-24(28-23)30-10-12-32-15-17(30)2/h3-8,16-17H,9-15H2,1-2H3/t16-,17-/m0/s1. The average Bonchev–Trinajstić information content (AvgIpc) is 2.84. The number of alkyl halides is 1. The van der Waals surface area contributed by atoms with E-state index in [-0.39, 0.29) is 12.1 Å². The zero-order valence-electron chi connectivity index (χ0n) is 18.5. The monoisotopic (exact) mass is 453 g/mol. The summed E-state index contributed by atoms with van der Waals surface area (Å²) in [5.41, 5.74) is 3.73. The summed E-state index contributed by atoms with van der Waals surface area (Å²) in [6, 6.07) is 12.8. The molecule has 2 aliphatic heterocycles. The highest BCUT2D eigenvalue weighted by Gasteiger charge is 2.27. The SMILES string of the molecule is C[C@H]1COCCN1c1nc(N2CCOC[C@@H]2C)c2ccc(-c3ccc(CCl)cc3)nc2n1. The third-order valence-electron chi connectivity index (χ3n) is 6.20. The fourth-order valence-corrected chi connectivity index (χ4v) is 4.50. The second-order valence-corrected chi connectivity index (χ2v) is 8.75. The highest BCUT2D eigenvalue weighted by atomic mass is 35.5. The molecule has 168 valence electrons. The van der Waals surface area contributed by atoms with Gasteiger partial charge in [-0.05, 0) is 31.5 Å². The number of nitrogens with zero attached hydrogens (tertiary/aromatic N) is 5. The van der Waals surface area contributed by atoms with Crippen molar-refractivity contribution in [2.24, 2.45) is 0 Å². The Kier molecular flexibility index (Phi) is 6.13.